The molecule has 0 saturated heterocycles. The highest BCUT2D eigenvalue weighted by molar-refractivity contribution is 5.46. The molecule has 88 valence electrons. The van der Waals surface area contributed by atoms with Crippen LogP contribution in [0.2, 0.25) is 0 Å². The summed E-state index contributed by atoms with van der Waals surface area (Å²) in [6.45, 7) is 1.80. The molecule has 6 nitrogen and oxygen atoms in total. The molecule has 3 heterocycles. The van der Waals surface area contributed by atoms with E-state index in [0.29, 0.717) is 5.78 Å². The summed E-state index contributed by atoms with van der Waals surface area (Å²) in [7, 11) is 1.99. The van der Waals surface area contributed by atoms with E-state index in [1.807, 2.05) is 11.6 Å². The Bertz CT molecular complexity index is 683. The zero-order chi connectivity index (χ0) is 11.6. The Morgan fingerprint density at radius 2 is 2.12 bits per heavy atom. The summed E-state index contributed by atoms with van der Waals surface area (Å²) in [5.41, 5.74) is 1.87. The van der Waals surface area contributed by atoms with Crippen molar-refractivity contribution in [1.82, 2.24) is 19.2 Å². The Hall–Kier alpha value is -1.85. The van der Waals surface area contributed by atoms with E-state index < -0.39 is 0 Å². The molecule has 0 unspecified atom stereocenters. The maximum Gasteiger partial charge on any atom is 0.279 e. The topological polar surface area (TPSA) is 55.4 Å². The monoisotopic (exact) mass is 231 g/mol. The summed E-state index contributed by atoms with van der Waals surface area (Å²) < 4.78 is 3.50. The molecule has 4 rings (SSSR count). The number of hydrogen-bond acceptors (Lipinski definition) is 4. The molecule has 0 N–H and O–H groups in total. The van der Waals surface area contributed by atoms with Crippen LogP contribution in [0.3, 0.4) is 0 Å². The van der Waals surface area contributed by atoms with Crippen LogP contribution in [0.25, 0.3) is 5.78 Å². The first-order valence-electron chi connectivity index (χ1n) is 5.98. The average Bonchev–Trinajstić information content (AvgIpc) is 2.97. The van der Waals surface area contributed by atoms with Gasteiger partial charge in [0.25, 0.3) is 5.56 Å². The van der Waals surface area contributed by atoms with Gasteiger partial charge in [-0.15, -0.1) is 5.10 Å². The molecule has 1 aliphatic carbocycles. The second-order valence-corrected chi connectivity index (χ2v) is 4.78. The molecule has 1 aliphatic heterocycles. The van der Waals surface area contributed by atoms with Crippen molar-refractivity contribution in [3.63, 3.8) is 0 Å². The van der Waals surface area contributed by atoms with Crippen LogP contribution in [0.4, 0.5) is 5.95 Å². The van der Waals surface area contributed by atoms with Crippen LogP contribution in [-0.4, -0.2) is 32.8 Å². The van der Waals surface area contributed by atoms with Gasteiger partial charge >= 0.3 is 0 Å². The van der Waals surface area contributed by atoms with Crippen molar-refractivity contribution < 1.29 is 0 Å². The van der Waals surface area contributed by atoms with Gasteiger partial charge in [-0.1, -0.05) is 0 Å². The van der Waals surface area contributed by atoms with Gasteiger partial charge in [0, 0.05) is 25.7 Å². The van der Waals surface area contributed by atoms with Gasteiger partial charge in [-0.3, -0.25) is 9.36 Å². The van der Waals surface area contributed by atoms with Crippen molar-refractivity contribution in [2.45, 2.75) is 25.8 Å². The minimum atomic E-state index is 0.0257. The van der Waals surface area contributed by atoms with Gasteiger partial charge in [0.2, 0.25) is 11.7 Å². The summed E-state index contributed by atoms with van der Waals surface area (Å²) in [5.74, 6) is 1.55. The number of aryl methyl sites for hydroxylation is 1. The third-order valence-electron chi connectivity index (χ3n) is 3.74. The van der Waals surface area contributed by atoms with Crippen molar-refractivity contribution in [3.05, 3.63) is 21.6 Å². The highest BCUT2D eigenvalue weighted by atomic mass is 16.1. The lowest BCUT2D eigenvalue weighted by Crippen LogP contribution is -2.22. The third kappa shape index (κ3) is 1.02. The van der Waals surface area contributed by atoms with E-state index in [2.05, 4.69) is 15.0 Å². The van der Waals surface area contributed by atoms with E-state index >= 15 is 0 Å². The van der Waals surface area contributed by atoms with Crippen molar-refractivity contribution in [2.24, 2.45) is 0 Å². The van der Waals surface area contributed by atoms with Gasteiger partial charge in [-0.2, -0.15) is 4.52 Å². The number of anilines is 1. The fourth-order valence-corrected chi connectivity index (χ4v) is 2.80. The van der Waals surface area contributed by atoms with Crippen molar-refractivity contribution in [2.75, 3.05) is 18.5 Å². The summed E-state index contributed by atoms with van der Waals surface area (Å²) in [5, 5.41) is 4.38. The number of fused-ring (bicyclic) bond motifs is 4. The summed E-state index contributed by atoms with van der Waals surface area (Å²) >= 11 is 0. The smallest absolute Gasteiger partial charge is 0.279 e. The zero-order valence-corrected chi connectivity index (χ0v) is 9.68. The lowest BCUT2D eigenvalue weighted by Gasteiger charge is -2.04. The summed E-state index contributed by atoms with van der Waals surface area (Å²) in [6.07, 6.45) is 2.82. The lowest BCUT2D eigenvalue weighted by molar-refractivity contribution is 0.772. The molecule has 0 saturated carbocycles. The third-order valence-corrected chi connectivity index (χ3v) is 3.74. The Labute approximate surface area is 97.5 Å². The van der Waals surface area contributed by atoms with Gasteiger partial charge < -0.3 is 4.90 Å². The molecule has 0 spiro atoms. The second kappa shape index (κ2) is 2.88. The Kier molecular flexibility index (Phi) is 1.56. The molecule has 2 aliphatic rings. The second-order valence-electron chi connectivity index (χ2n) is 4.78. The quantitative estimate of drug-likeness (QED) is 0.631. The van der Waals surface area contributed by atoms with Crippen LogP contribution < -0.4 is 10.5 Å². The van der Waals surface area contributed by atoms with Crippen LogP contribution in [0.15, 0.2) is 4.79 Å². The molecule has 6 heteroatoms. The van der Waals surface area contributed by atoms with Crippen molar-refractivity contribution in [1.29, 1.82) is 0 Å². The lowest BCUT2D eigenvalue weighted by atomic mass is 10.3. The van der Waals surface area contributed by atoms with E-state index in [1.54, 1.807) is 0 Å². The SMILES string of the molecule is CN1CCn2c1nn1c(=O)c3c(nc21)CCC3. The fourth-order valence-electron chi connectivity index (χ4n) is 2.80. The number of nitrogens with zero attached hydrogens (tertiary/aromatic N) is 5. The molecule has 0 aromatic carbocycles. The molecule has 2 aromatic heterocycles. The Morgan fingerprint density at radius 1 is 1.24 bits per heavy atom. The number of rotatable bonds is 0. The van der Waals surface area contributed by atoms with Crippen LogP contribution in [0.5, 0.6) is 0 Å². The summed E-state index contributed by atoms with van der Waals surface area (Å²) in [6, 6.07) is 0. The molecule has 0 radical (unpaired) electrons. The van der Waals surface area contributed by atoms with Gasteiger partial charge in [-0.25, -0.2) is 4.98 Å². The zero-order valence-electron chi connectivity index (χ0n) is 9.68. The Morgan fingerprint density at radius 3 is 3.00 bits per heavy atom. The first kappa shape index (κ1) is 9.21. The van der Waals surface area contributed by atoms with Gasteiger partial charge in [0.1, 0.15) is 0 Å². The molecular formula is C11H13N5O. The van der Waals surface area contributed by atoms with E-state index in [9.17, 15) is 4.79 Å². The first-order valence-corrected chi connectivity index (χ1v) is 5.98. The highest BCUT2D eigenvalue weighted by Gasteiger charge is 2.26. The minimum absolute atomic E-state index is 0.0257. The van der Waals surface area contributed by atoms with Crippen LogP contribution in [0.1, 0.15) is 17.7 Å². The standard InChI is InChI=1S/C11H13N5O/c1-14-5-6-15-10-12-8-4-2-3-7(8)9(17)16(10)13-11(14)15/h2-6H2,1H3. The largest absolute Gasteiger partial charge is 0.342 e. The maximum absolute atomic E-state index is 12.3. The van der Waals surface area contributed by atoms with E-state index in [-0.39, 0.29) is 5.56 Å². The Balaban J connectivity index is 2.13. The van der Waals surface area contributed by atoms with Crippen molar-refractivity contribution >= 4 is 11.7 Å². The fraction of sp³-hybridized carbons (Fsp3) is 0.545. The average molecular weight is 231 g/mol. The predicted octanol–water partition coefficient (Wildman–Crippen LogP) is -0.171. The molecule has 2 aromatic rings. The van der Waals surface area contributed by atoms with Crippen LogP contribution >= 0.6 is 0 Å². The number of hydrogen-bond donors (Lipinski definition) is 0. The van der Waals surface area contributed by atoms with Gasteiger partial charge in [0.15, 0.2) is 0 Å². The molecule has 0 amide bonds. The molecule has 0 bridgehead atoms. The first-order chi connectivity index (χ1) is 8.25. The molecule has 0 fully saturated rings. The van der Waals surface area contributed by atoms with Crippen molar-refractivity contribution in [3.8, 4) is 0 Å². The van der Waals surface area contributed by atoms with Crippen LogP contribution in [-0.2, 0) is 19.4 Å². The van der Waals surface area contributed by atoms with Gasteiger partial charge in [-0.05, 0) is 19.3 Å². The normalized spacial score (nSPS) is 17.8. The predicted molar refractivity (Wildman–Crippen MR) is 62.5 cm³/mol. The summed E-state index contributed by atoms with van der Waals surface area (Å²) in [4.78, 5) is 18.9. The molecule has 17 heavy (non-hydrogen) atoms. The van der Waals surface area contributed by atoms with E-state index in [0.717, 1.165) is 49.6 Å². The van der Waals surface area contributed by atoms with E-state index in [1.165, 1.54) is 4.52 Å². The molecular weight excluding hydrogens is 218 g/mol. The van der Waals surface area contributed by atoms with Crippen LogP contribution in [0, 0.1) is 0 Å². The minimum Gasteiger partial charge on any atom is -0.342 e. The number of aromatic nitrogens is 4. The van der Waals surface area contributed by atoms with Gasteiger partial charge in [0.05, 0.1) is 5.69 Å². The maximum atomic E-state index is 12.3. The highest BCUT2D eigenvalue weighted by Crippen LogP contribution is 2.22. The number of likely N-dealkylation sites (N-methyl/N-ethyl adjacent to an activating group) is 1. The molecule has 0 atom stereocenters. The van der Waals surface area contributed by atoms with E-state index in [4.69, 9.17) is 0 Å².